The van der Waals surface area contributed by atoms with Gasteiger partial charge in [-0.05, 0) is 31.7 Å². The Morgan fingerprint density at radius 2 is 2.24 bits per heavy atom. The summed E-state index contributed by atoms with van der Waals surface area (Å²) in [4.78, 5) is 15.2. The molecule has 1 heterocycles. The van der Waals surface area contributed by atoms with Crippen LogP contribution in [0, 0.1) is 6.92 Å². The maximum atomic E-state index is 11.9. The van der Waals surface area contributed by atoms with Crippen molar-refractivity contribution in [3.63, 3.8) is 0 Å². The lowest BCUT2D eigenvalue weighted by atomic mass is 10.1. The van der Waals surface area contributed by atoms with Crippen LogP contribution in [0.25, 0.3) is 10.9 Å². The fourth-order valence-electron chi connectivity index (χ4n) is 1.85. The molecule has 0 atom stereocenters. The number of carbonyl (C=O) groups is 1. The number of H-pyrrole nitrogens is 1. The number of hydrogen-bond donors (Lipinski definition) is 1. The van der Waals surface area contributed by atoms with Gasteiger partial charge in [-0.1, -0.05) is 12.1 Å². The minimum Gasteiger partial charge on any atom is -0.462 e. The van der Waals surface area contributed by atoms with Crippen molar-refractivity contribution in [1.82, 2.24) is 4.98 Å². The molecule has 1 N–H and O–H groups in total. The van der Waals surface area contributed by atoms with E-state index in [0.717, 1.165) is 15.9 Å². The fourth-order valence-corrected chi connectivity index (χ4v) is 2.46. The molecule has 0 radical (unpaired) electrons. The molecule has 2 aromatic rings. The highest BCUT2D eigenvalue weighted by atomic mass is 32.2. The average Bonchev–Trinajstić information content (AvgIpc) is 2.66. The number of nitrogens with one attached hydrogen (secondary N) is 1. The average molecular weight is 249 g/mol. The Morgan fingerprint density at radius 1 is 1.47 bits per heavy atom. The van der Waals surface area contributed by atoms with Gasteiger partial charge < -0.3 is 9.72 Å². The standard InChI is InChI=1S/C13H15NO2S/c1-4-16-13(15)11-9-6-5-8(2)7-10(9)14-12(11)17-3/h5-7,14H,4H2,1-3H3. The molecular formula is C13H15NO2S. The number of aromatic amines is 1. The van der Waals surface area contributed by atoms with E-state index in [-0.39, 0.29) is 5.97 Å². The second kappa shape index (κ2) is 4.84. The number of thioether (sulfide) groups is 1. The number of hydrogen-bond acceptors (Lipinski definition) is 3. The van der Waals surface area contributed by atoms with Crippen LogP contribution >= 0.6 is 11.8 Å². The molecule has 0 bridgehead atoms. The fraction of sp³-hybridized carbons (Fsp3) is 0.308. The first-order chi connectivity index (χ1) is 8.17. The van der Waals surface area contributed by atoms with Crippen LogP contribution in [0.2, 0.25) is 0 Å². The molecule has 0 aliphatic heterocycles. The van der Waals surface area contributed by atoms with Crippen LogP contribution in [0.4, 0.5) is 0 Å². The number of benzene rings is 1. The number of rotatable bonds is 3. The Bertz CT molecular complexity index is 560. The van der Waals surface area contributed by atoms with Gasteiger partial charge in [-0.15, -0.1) is 11.8 Å². The van der Waals surface area contributed by atoms with Crippen LogP contribution in [0.1, 0.15) is 22.8 Å². The quantitative estimate of drug-likeness (QED) is 0.670. The SMILES string of the molecule is CCOC(=O)c1c(SC)[nH]c2cc(C)ccc12. The Morgan fingerprint density at radius 3 is 2.88 bits per heavy atom. The van der Waals surface area contributed by atoms with Crippen molar-refractivity contribution in [2.45, 2.75) is 18.9 Å². The summed E-state index contributed by atoms with van der Waals surface area (Å²) in [6.07, 6.45) is 1.94. The molecule has 0 saturated heterocycles. The molecule has 3 nitrogen and oxygen atoms in total. The molecule has 0 unspecified atom stereocenters. The number of fused-ring (bicyclic) bond motifs is 1. The van der Waals surface area contributed by atoms with E-state index in [4.69, 9.17) is 4.74 Å². The number of aryl methyl sites for hydroxylation is 1. The van der Waals surface area contributed by atoms with Crippen molar-refractivity contribution < 1.29 is 9.53 Å². The van der Waals surface area contributed by atoms with E-state index in [0.29, 0.717) is 12.2 Å². The first kappa shape index (κ1) is 12.0. The zero-order chi connectivity index (χ0) is 12.4. The first-order valence-electron chi connectivity index (χ1n) is 5.50. The monoisotopic (exact) mass is 249 g/mol. The summed E-state index contributed by atoms with van der Waals surface area (Å²) < 4.78 is 5.09. The van der Waals surface area contributed by atoms with Crippen molar-refractivity contribution in [1.29, 1.82) is 0 Å². The van der Waals surface area contributed by atoms with Crippen LogP contribution in [0.15, 0.2) is 23.2 Å². The third kappa shape index (κ3) is 2.17. The Kier molecular flexibility index (Phi) is 3.43. The van der Waals surface area contributed by atoms with Crippen molar-refractivity contribution in [2.24, 2.45) is 0 Å². The van der Waals surface area contributed by atoms with E-state index in [2.05, 4.69) is 4.98 Å². The van der Waals surface area contributed by atoms with Crippen LogP contribution in [0.3, 0.4) is 0 Å². The molecular weight excluding hydrogens is 234 g/mol. The van der Waals surface area contributed by atoms with Gasteiger partial charge in [-0.25, -0.2) is 4.79 Å². The highest BCUT2D eigenvalue weighted by Gasteiger charge is 2.18. The largest absolute Gasteiger partial charge is 0.462 e. The van der Waals surface area contributed by atoms with Gasteiger partial charge >= 0.3 is 5.97 Å². The molecule has 4 heteroatoms. The smallest absolute Gasteiger partial charge is 0.341 e. The van der Waals surface area contributed by atoms with Gasteiger partial charge in [0.15, 0.2) is 0 Å². The molecule has 90 valence electrons. The number of ether oxygens (including phenoxy) is 1. The Labute approximate surface area is 105 Å². The number of aromatic nitrogens is 1. The minimum absolute atomic E-state index is 0.257. The summed E-state index contributed by atoms with van der Waals surface area (Å²) in [5, 5.41) is 1.79. The predicted molar refractivity (Wildman–Crippen MR) is 70.8 cm³/mol. The molecule has 0 aliphatic carbocycles. The Balaban J connectivity index is 2.62. The summed E-state index contributed by atoms with van der Waals surface area (Å²) in [6.45, 7) is 4.24. The summed E-state index contributed by atoms with van der Waals surface area (Å²) >= 11 is 1.52. The molecule has 0 spiro atoms. The van der Waals surface area contributed by atoms with E-state index in [1.807, 2.05) is 38.3 Å². The highest BCUT2D eigenvalue weighted by molar-refractivity contribution is 7.98. The maximum absolute atomic E-state index is 11.9. The summed E-state index contributed by atoms with van der Waals surface area (Å²) in [5.74, 6) is -0.257. The van der Waals surface area contributed by atoms with E-state index in [1.165, 1.54) is 17.3 Å². The van der Waals surface area contributed by atoms with Gasteiger partial charge in [0.25, 0.3) is 0 Å². The van der Waals surface area contributed by atoms with Crippen LogP contribution < -0.4 is 0 Å². The molecule has 17 heavy (non-hydrogen) atoms. The third-order valence-corrected chi connectivity index (χ3v) is 3.32. The van der Waals surface area contributed by atoms with Gasteiger partial charge in [0, 0.05) is 10.9 Å². The van der Waals surface area contributed by atoms with Gasteiger partial charge in [0.2, 0.25) is 0 Å². The number of esters is 1. The van der Waals surface area contributed by atoms with Crippen molar-refractivity contribution in [3.05, 3.63) is 29.3 Å². The van der Waals surface area contributed by atoms with E-state index >= 15 is 0 Å². The predicted octanol–water partition coefficient (Wildman–Crippen LogP) is 3.37. The third-order valence-electron chi connectivity index (χ3n) is 2.60. The highest BCUT2D eigenvalue weighted by Crippen LogP contribution is 2.29. The minimum atomic E-state index is -0.257. The summed E-state index contributed by atoms with van der Waals surface area (Å²) in [5.41, 5.74) is 2.80. The lowest BCUT2D eigenvalue weighted by Gasteiger charge is -2.02. The molecule has 0 aliphatic rings. The summed E-state index contributed by atoms with van der Waals surface area (Å²) in [6, 6.07) is 6.01. The maximum Gasteiger partial charge on any atom is 0.341 e. The van der Waals surface area contributed by atoms with Crippen LogP contribution in [0.5, 0.6) is 0 Å². The van der Waals surface area contributed by atoms with Crippen molar-refractivity contribution in [3.8, 4) is 0 Å². The van der Waals surface area contributed by atoms with Gasteiger partial charge in [0.05, 0.1) is 17.2 Å². The zero-order valence-electron chi connectivity index (χ0n) is 10.2. The van der Waals surface area contributed by atoms with Crippen LogP contribution in [-0.4, -0.2) is 23.8 Å². The Hall–Kier alpha value is -1.42. The van der Waals surface area contributed by atoms with E-state index < -0.39 is 0 Å². The number of carbonyl (C=O) groups excluding carboxylic acids is 1. The molecule has 0 amide bonds. The second-order valence-electron chi connectivity index (χ2n) is 3.80. The van der Waals surface area contributed by atoms with E-state index in [9.17, 15) is 4.79 Å². The molecule has 2 rings (SSSR count). The normalized spacial score (nSPS) is 10.8. The second-order valence-corrected chi connectivity index (χ2v) is 4.62. The zero-order valence-corrected chi connectivity index (χ0v) is 11.0. The van der Waals surface area contributed by atoms with Gasteiger partial charge in [0.1, 0.15) is 0 Å². The molecule has 0 fully saturated rings. The lowest BCUT2D eigenvalue weighted by molar-refractivity contribution is 0.0524. The van der Waals surface area contributed by atoms with Crippen molar-refractivity contribution >= 4 is 28.6 Å². The molecule has 1 aromatic carbocycles. The van der Waals surface area contributed by atoms with Crippen LogP contribution in [-0.2, 0) is 4.74 Å². The van der Waals surface area contributed by atoms with Crippen molar-refractivity contribution in [2.75, 3.05) is 12.9 Å². The summed E-state index contributed by atoms with van der Waals surface area (Å²) in [7, 11) is 0. The first-order valence-corrected chi connectivity index (χ1v) is 6.73. The van der Waals surface area contributed by atoms with Gasteiger partial charge in [-0.2, -0.15) is 0 Å². The topological polar surface area (TPSA) is 42.1 Å². The lowest BCUT2D eigenvalue weighted by Crippen LogP contribution is -2.05. The van der Waals surface area contributed by atoms with Gasteiger partial charge in [-0.3, -0.25) is 0 Å². The van der Waals surface area contributed by atoms with E-state index in [1.54, 1.807) is 0 Å². The molecule has 0 saturated carbocycles. The molecule has 1 aromatic heterocycles.